The van der Waals surface area contributed by atoms with Gasteiger partial charge in [0.2, 0.25) is 11.8 Å². The topological polar surface area (TPSA) is 87.1 Å². The van der Waals surface area contributed by atoms with E-state index in [4.69, 9.17) is 4.74 Å². The first-order valence-corrected chi connectivity index (χ1v) is 16.1. The second kappa shape index (κ2) is 12.4. The van der Waals surface area contributed by atoms with E-state index in [2.05, 4.69) is 68.5 Å². The zero-order chi connectivity index (χ0) is 31.0. The lowest BCUT2D eigenvalue weighted by Gasteiger charge is -2.46. The van der Waals surface area contributed by atoms with Crippen LogP contribution in [0.2, 0.25) is 0 Å². The molecule has 0 saturated carbocycles. The van der Waals surface area contributed by atoms with Gasteiger partial charge in [-0.1, -0.05) is 46.8 Å². The molecule has 7 nitrogen and oxygen atoms in total. The van der Waals surface area contributed by atoms with Crippen LogP contribution >= 0.6 is 11.8 Å². The van der Waals surface area contributed by atoms with Crippen molar-refractivity contribution in [3.63, 3.8) is 0 Å². The van der Waals surface area contributed by atoms with Crippen LogP contribution in [0, 0.1) is 23.2 Å². The number of aliphatic hydroxyl groups excluding tert-OH is 1. The highest BCUT2D eigenvalue weighted by Crippen LogP contribution is 2.72. The molecule has 8 heteroatoms. The number of fused-ring (bicyclic) bond motifs is 1. The molecule has 3 aliphatic heterocycles. The van der Waals surface area contributed by atoms with Crippen molar-refractivity contribution in [2.75, 3.05) is 19.8 Å². The van der Waals surface area contributed by atoms with E-state index in [0.29, 0.717) is 25.8 Å². The highest BCUT2D eigenvalue weighted by Gasteiger charge is 2.78. The average Bonchev–Trinajstić information content (AvgIpc) is 3.42. The van der Waals surface area contributed by atoms with E-state index in [0.717, 1.165) is 19.3 Å². The minimum absolute atomic E-state index is 0.0328. The minimum Gasteiger partial charge on any atom is -0.465 e. The molecular weight excluding hydrogens is 536 g/mol. The summed E-state index contributed by atoms with van der Waals surface area (Å²) in [5.74, 6) is -1.75. The molecule has 3 aliphatic rings. The Bertz CT molecular complexity index is 1020. The zero-order valence-corrected chi connectivity index (χ0v) is 27.5. The fourth-order valence-corrected chi connectivity index (χ4v) is 10.3. The number of thioether (sulfide) groups is 1. The quantitative estimate of drug-likeness (QED) is 0.161. The van der Waals surface area contributed by atoms with E-state index in [1.807, 2.05) is 4.90 Å². The van der Waals surface area contributed by atoms with Crippen LogP contribution in [0.15, 0.2) is 25.3 Å². The van der Waals surface area contributed by atoms with Gasteiger partial charge in [-0.2, -0.15) is 0 Å². The number of aliphatic hydroxyl groups is 1. The number of rotatable bonds is 14. The number of unbranched alkanes of at least 4 members (excludes halogenated alkanes) is 1. The molecule has 3 rings (SSSR count). The molecule has 0 aromatic rings. The summed E-state index contributed by atoms with van der Waals surface area (Å²) in [6.45, 7) is 24.9. The predicted molar refractivity (Wildman–Crippen MR) is 166 cm³/mol. The molecule has 3 heterocycles. The van der Waals surface area contributed by atoms with Crippen molar-refractivity contribution in [1.82, 2.24) is 9.80 Å². The zero-order valence-electron chi connectivity index (χ0n) is 26.7. The van der Waals surface area contributed by atoms with Crippen molar-refractivity contribution in [2.45, 2.75) is 121 Å². The highest BCUT2D eigenvalue weighted by molar-refractivity contribution is 8.02. The van der Waals surface area contributed by atoms with Crippen molar-refractivity contribution in [2.24, 2.45) is 23.2 Å². The van der Waals surface area contributed by atoms with Gasteiger partial charge in [0.1, 0.15) is 6.04 Å². The number of carbonyl (C=O) groups excluding carboxylic acids is 3. The number of nitrogens with zero attached hydrogens (tertiary/aromatic N) is 2. The van der Waals surface area contributed by atoms with E-state index in [1.54, 1.807) is 28.8 Å². The van der Waals surface area contributed by atoms with Crippen LogP contribution in [0.1, 0.15) is 93.9 Å². The van der Waals surface area contributed by atoms with Crippen molar-refractivity contribution in [1.29, 1.82) is 0 Å². The monoisotopic (exact) mass is 590 g/mol. The van der Waals surface area contributed by atoms with Gasteiger partial charge in [0, 0.05) is 16.8 Å². The summed E-state index contributed by atoms with van der Waals surface area (Å²) >= 11 is 1.65. The number of hydrogen-bond donors (Lipinski definition) is 1. The smallest absolute Gasteiger partial charge is 0.311 e. The summed E-state index contributed by atoms with van der Waals surface area (Å²) in [7, 11) is 0. The lowest BCUT2D eigenvalue weighted by Crippen LogP contribution is -2.61. The van der Waals surface area contributed by atoms with Gasteiger partial charge >= 0.3 is 5.97 Å². The first-order chi connectivity index (χ1) is 19.0. The maximum absolute atomic E-state index is 14.9. The maximum atomic E-state index is 14.9. The molecule has 0 aromatic heterocycles. The largest absolute Gasteiger partial charge is 0.465 e. The first kappa shape index (κ1) is 33.7. The average molecular weight is 591 g/mol. The number of ether oxygens (including phenoxy) is 1. The standard InChI is InChI=1S/C33H54N2O5S/c1-11-13-14-18-40-29(39)25-24-27(37)35(23(20-36)19-22(3)4)26(33(24)16-15-32(25,10)41-33)28(38)34(17-12-2)31(8,9)21-30(5,6)7/h11-12,22-26,36H,1-2,13-21H2,3-10H3/t23-,24+,25+,26?,32-,33?/m1/s1. The third kappa shape index (κ3) is 6.43. The van der Waals surface area contributed by atoms with Crippen LogP contribution < -0.4 is 0 Å². The van der Waals surface area contributed by atoms with Crippen LogP contribution in [0.5, 0.6) is 0 Å². The summed E-state index contributed by atoms with van der Waals surface area (Å²) in [5.41, 5.74) is -0.538. The molecule has 0 aliphatic carbocycles. The van der Waals surface area contributed by atoms with Crippen molar-refractivity contribution >= 4 is 29.5 Å². The van der Waals surface area contributed by atoms with E-state index >= 15 is 0 Å². The van der Waals surface area contributed by atoms with Gasteiger partial charge in [-0.05, 0) is 70.6 Å². The number of carbonyl (C=O) groups is 3. The fraction of sp³-hybridized carbons (Fsp3) is 0.788. The molecule has 0 aromatic carbocycles. The van der Waals surface area contributed by atoms with Crippen LogP contribution in [0.4, 0.5) is 0 Å². The van der Waals surface area contributed by atoms with Gasteiger partial charge < -0.3 is 19.6 Å². The molecule has 2 bridgehead atoms. The Balaban J connectivity index is 2.12. The number of allylic oxidation sites excluding steroid dienone is 1. The second-order valence-corrected chi connectivity index (χ2v) is 16.7. The first-order valence-electron chi connectivity index (χ1n) is 15.3. The summed E-state index contributed by atoms with van der Waals surface area (Å²) in [6.07, 6.45) is 7.70. The molecular formula is C33H54N2O5S. The maximum Gasteiger partial charge on any atom is 0.311 e. The number of amides is 2. The molecule has 6 atom stereocenters. The van der Waals surface area contributed by atoms with Gasteiger partial charge in [-0.3, -0.25) is 14.4 Å². The Hall–Kier alpha value is -1.80. The molecule has 0 radical (unpaired) electrons. The van der Waals surface area contributed by atoms with Gasteiger partial charge in [0.25, 0.3) is 0 Å². The number of likely N-dealkylation sites (tertiary alicyclic amines) is 1. The molecule has 3 saturated heterocycles. The lowest BCUT2D eigenvalue weighted by atomic mass is 9.66. The molecule has 2 unspecified atom stereocenters. The number of esters is 1. The van der Waals surface area contributed by atoms with E-state index in [1.165, 1.54) is 0 Å². The number of hydrogen-bond acceptors (Lipinski definition) is 6. The molecule has 3 fully saturated rings. The van der Waals surface area contributed by atoms with E-state index in [9.17, 15) is 19.5 Å². The van der Waals surface area contributed by atoms with Crippen molar-refractivity contribution in [3.8, 4) is 0 Å². The summed E-state index contributed by atoms with van der Waals surface area (Å²) in [6, 6.07) is -1.29. The second-order valence-electron chi connectivity index (χ2n) is 14.8. The Kier molecular flexibility index (Phi) is 10.2. The highest BCUT2D eigenvalue weighted by atomic mass is 32.2. The van der Waals surface area contributed by atoms with Crippen LogP contribution in [-0.4, -0.2) is 79.6 Å². The molecule has 232 valence electrons. The summed E-state index contributed by atoms with van der Waals surface area (Å²) in [4.78, 5) is 46.7. The Morgan fingerprint density at radius 1 is 1.20 bits per heavy atom. The summed E-state index contributed by atoms with van der Waals surface area (Å²) < 4.78 is 4.50. The van der Waals surface area contributed by atoms with Gasteiger partial charge in [-0.25, -0.2) is 0 Å². The van der Waals surface area contributed by atoms with Crippen LogP contribution in [0.3, 0.4) is 0 Å². The summed E-state index contributed by atoms with van der Waals surface area (Å²) in [5, 5.41) is 10.6. The molecule has 41 heavy (non-hydrogen) atoms. The normalized spacial score (nSPS) is 30.0. The van der Waals surface area contributed by atoms with Gasteiger partial charge in [0.05, 0.1) is 35.8 Å². The SMILES string of the molecule is C=CCCCOC(=O)[C@@H]1[C@H]2C(=O)N([C@@H](CO)CC(C)C)C(C(=O)N(CC=C)C(C)(C)CC(C)(C)C)C23CC[C@@]1(C)S3. The predicted octanol–water partition coefficient (Wildman–Crippen LogP) is 5.61. The lowest BCUT2D eigenvalue weighted by molar-refractivity contribution is -0.156. The molecule has 1 N–H and O–H groups in total. The Morgan fingerprint density at radius 2 is 1.85 bits per heavy atom. The fourth-order valence-electron chi connectivity index (χ4n) is 8.01. The molecule has 2 amide bonds. The van der Waals surface area contributed by atoms with Crippen LogP contribution in [0.25, 0.3) is 0 Å². The van der Waals surface area contributed by atoms with Crippen molar-refractivity contribution < 1.29 is 24.2 Å². The van der Waals surface area contributed by atoms with Crippen molar-refractivity contribution in [3.05, 3.63) is 25.3 Å². The third-order valence-corrected chi connectivity index (χ3v) is 11.1. The minimum atomic E-state index is -0.777. The molecule has 1 spiro atoms. The van der Waals surface area contributed by atoms with E-state index in [-0.39, 0.29) is 42.3 Å². The third-order valence-electron chi connectivity index (χ3n) is 9.12. The van der Waals surface area contributed by atoms with Crippen LogP contribution in [-0.2, 0) is 19.1 Å². The van der Waals surface area contributed by atoms with Gasteiger partial charge in [0.15, 0.2) is 0 Å². The van der Waals surface area contributed by atoms with Gasteiger partial charge in [-0.15, -0.1) is 24.9 Å². The Morgan fingerprint density at radius 3 is 2.39 bits per heavy atom. The Labute approximate surface area is 252 Å². The van der Waals surface area contributed by atoms with E-state index < -0.39 is 39.0 Å².